The number of nitrogens with one attached hydrogen (secondary N) is 1. The Hall–Kier alpha value is -2.39. The molecule has 2 aliphatic rings. The van der Waals surface area contributed by atoms with Crippen LogP contribution in [0.4, 0.5) is 10.7 Å². The average Bonchev–Trinajstić information content (AvgIpc) is 3.12. The van der Waals surface area contributed by atoms with Crippen LogP contribution in [-0.2, 0) is 22.9 Å². The van der Waals surface area contributed by atoms with Crippen LogP contribution in [0.2, 0.25) is 0 Å². The molecule has 0 bridgehead atoms. The first-order valence-electron chi connectivity index (χ1n) is 9.73. The third-order valence-corrected chi connectivity index (χ3v) is 8.49. The molecule has 0 spiro atoms. The predicted octanol–water partition coefficient (Wildman–Crippen LogP) is 2.91. The molecule has 2 aromatic rings. The maximum absolute atomic E-state index is 12.7. The number of rotatable bonds is 4. The van der Waals surface area contributed by atoms with E-state index in [2.05, 4.69) is 5.32 Å². The minimum absolute atomic E-state index is 0.147. The van der Waals surface area contributed by atoms with Gasteiger partial charge in [-0.25, -0.2) is 8.42 Å². The number of hydrogen-bond acceptors (Lipinski definition) is 5. The summed E-state index contributed by atoms with van der Waals surface area (Å²) in [7, 11) is -3.26. The number of carbonyl (C=O) groups is 2. The van der Waals surface area contributed by atoms with Crippen molar-refractivity contribution in [3.05, 3.63) is 45.8 Å². The van der Waals surface area contributed by atoms with E-state index >= 15 is 0 Å². The highest BCUT2D eigenvalue weighted by Crippen LogP contribution is 2.37. The van der Waals surface area contributed by atoms with E-state index in [1.807, 2.05) is 0 Å². The van der Waals surface area contributed by atoms with Gasteiger partial charge in [0.25, 0.3) is 11.8 Å². The van der Waals surface area contributed by atoms with Crippen LogP contribution in [-0.4, -0.2) is 32.5 Å². The lowest BCUT2D eigenvalue weighted by Crippen LogP contribution is -2.25. The first-order valence-corrected chi connectivity index (χ1v) is 12.2. The van der Waals surface area contributed by atoms with Gasteiger partial charge in [0.2, 0.25) is 10.0 Å². The van der Waals surface area contributed by atoms with Crippen molar-refractivity contribution in [1.29, 1.82) is 0 Å². The van der Waals surface area contributed by atoms with Crippen molar-refractivity contribution in [2.45, 2.75) is 38.5 Å². The summed E-state index contributed by atoms with van der Waals surface area (Å²) < 4.78 is 25.5. The number of benzene rings is 1. The van der Waals surface area contributed by atoms with Crippen molar-refractivity contribution < 1.29 is 18.0 Å². The second-order valence-corrected chi connectivity index (χ2v) is 10.5. The highest BCUT2D eigenvalue weighted by molar-refractivity contribution is 7.93. The fourth-order valence-electron chi connectivity index (χ4n) is 3.98. The van der Waals surface area contributed by atoms with Crippen molar-refractivity contribution in [2.75, 3.05) is 21.9 Å². The molecule has 1 aromatic heterocycles. The topological polar surface area (TPSA) is 110 Å². The standard InChI is InChI=1S/C20H23N3O4S2/c21-18(24)17-15-5-2-1-3-6-16(15)28-20(17)22-19(25)13-7-9-14(10-8-13)23-11-4-12-29(23,26)27/h7-10H,1-6,11-12H2,(H2,21,24)(H,22,25). The smallest absolute Gasteiger partial charge is 0.256 e. The molecular formula is C20H23N3O4S2. The van der Waals surface area contributed by atoms with E-state index in [-0.39, 0.29) is 11.7 Å². The zero-order valence-corrected chi connectivity index (χ0v) is 17.6. The van der Waals surface area contributed by atoms with E-state index in [0.29, 0.717) is 34.8 Å². The van der Waals surface area contributed by atoms with Crippen molar-refractivity contribution >= 4 is 43.9 Å². The van der Waals surface area contributed by atoms with Gasteiger partial charge in [-0.2, -0.15) is 0 Å². The number of carbonyl (C=O) groups excluding carboxylic acids is 2. The summed E-state index contributed by atoms with van der Waals surface area (Å²) in [6.45, 7) is 0.455. The van der Waals surface area contributed by atoms with Crippen molar-refractivity contribution in [1.82, 2.24) is 0 Å². The highest BCUT2D eigenvalue weighted by Gasteiger charge is 2.28. The Bertz CT molecular complexity index is 1060. The predicted molar refractivity (Wildman–Crippen MR) is 114 cm³/mol. The quantitative estimate of drug-likeness (QED) is 0.723. The summed E-state index contributed by atoms with van der Waals surface area (Å²) >= 11 is 1.43. The van der Waals surface area contributed by atoms with Crippen LogP contribution in [0.15, 0.2) is 24.3 Å². The molecule has 154 valence electrons. The molecule has 7 nitrogen and oxygen atoms in total. The minimum Gasteiger partial charge on any atom is -0.365 e. The Balaban J connectivity index is 1.56. The molecular weight excluding hydrogens is 410 g/mol. The summed E-state index contributed by atoms with van der Waals surface area (Å²) in [6.07, 6.45) is 5.51. The van der Waals surface area contributed by atoms with Crippen LogP contribution in [0.3, 0.4) is 0 Å². The lowest BCUT2D eigenvalue weighted by molar-refractivity contribution is 0.100. The molecule has 3 N–H and O–H groups in total. The Morgan fingerprint density at radius 3 is 2.41 bits per heavy atom. The Morgan fingerprint density at radius 1 is 1.03 bits per heavy atom. The summed E-state index contributed by atoms with van der Waals surface area (Å²) in [5.74, 6) is -0.720. The fraction of sp³-hybridized carbons (Fsp3) is 0.400. The number of sulfonamides is 1. The van der Waals surface area contributed by atoms with Gasteiger partial charge in [-0.15, -0.1) is 11.3 Å². The lowest BCUT2D eigenvalue weighted by Gasteiger charge is -2.17. The van der Waals surface area contributed by atoms with Crippen molar-refractivity contribution in [3.8, 4) is 0 Å². The van der Waals surface area contributed by atoms with Crippen LogP contribution in [0.1, 0.15) is 56.8 Å². The van der Waals surface area contributed by atoms with Crippen LogP contribution >= 0.6 is 11.3 Å². The van der Waals surface area contributed by atoms with E-state index in [0.717, 1.165) is 42.5 Å². The average molecular weight is 434 g/mol. The molecule has 1 aliphatic carbocycles. The van der Waals surface area contributed by atoms with Gasteiger partial charge in [-0.05, 0) is 61.9 Å². The molecule has 0 radical (unpaired) electrons. The molecule has 0 atom stereocenters. The summed E-state index contributed by atoms with van der Waals surface area (Å²) in [6, 6.07) is 6.47. The van der Waals surface area contributed by atoms with Crippen LogP contribution in [0.5, 0.6) is 0 Å². The Morgan fingerprint density at radius 2 is 1.76 bits per heavy atom. The molecule has 1 fully saturated rings. The van der Waals surface area contributed by atoms with E-state index < -0.39 is 15.9 Å². The molecule has 0 unspecified atom stereocenters. The van der Waals surface area contributed by atoms with Gasteiger partial charge in [0.05, 0.1) is 17.0 Å². The number of nitrogens with two attached hydrogens (primary N) is 1. The maximum Gasteiger partial charge on any atom is 0.256 e. The zero-order chi connectivity index (χ0) is 20.6. The zero-order valence-electron chi connectivity index (χ0n) is 15.9. The largest absolute Gasteiger partial charge is 0.365 e. The molecule has 4 rings (SSSR count). The van der Waals surface area contributed by atoms with Crippen molar-refractivity contribution in [2.24, 2.45) is 5.73 Å². The number of anilines is 2. The van der Waals surface area contributed by atoms with Gasteiger partial charge in [-0.3, -0.25) is 13.9 Å². The lowest BCUT2D eigenvalue weighted by atomic mass is 10.1. The maximum atomic E-state index is 12.7. The number of amides is 2. The van der Waals surface area contributed by atoms with E-state index in [4.69, 9.17) is 5.73 Å². The molecule has 2 heterocycles. The van der Waals surface area contributed by atoms with Gasteiger partial charge in [-0.1, -0.05) is 6.42 Å². The molecule has 1 aromatic carbocycles. The number of primary amides is 1. The van der Waals surface area contributed by atoms with Gasteiger partial charge in [0.1, 0.15) is 5.00 Å². The second kappa shape index (κ2) is 7.79. The number of aryl methyl sites for hydroxylation is 1. The summed E-state index contributed by atoms with van der Waals surface area (Å²) in [5.41, 5.74) is 7.97. The molecule has 0 saturated carbocycles. The fourth-order valence-corrected chi connectivity index (χ4v) is 6.83. The first kappa shape index (κ1) is 19.9. The molecule has 1 saturated heterocycles. The Kier molecular flexibility index (Phi) is 5.35. The van der Waals surface area contributed by atoms with E-state index in [9.17, 15) is 18.0 Å². The van der Waals surface area contributed by atoms with Crippen LogP contribution in [0, 0.1) is 0 Å². The number of nitrogens with zero attached hydrogens (tertiary/aromatic N) is 1. The van der Waals surface area contributed by atoms with E-state index in [1.54, 1.807) is 24.3 Å². The monoisotopic (exact) mass is 433 g/mol. The van der Waals surface area contributed by atoms with Crippen LogP contribution < -0.4 is 15.4 Å². The van der Waals surface area contributed by atoms with Gasteiger partial charge in [0, 0.05) is 17.0 Å². The number of fused-ring (bicyclic) bond motifs is 1. The van der Waals surface area contributed by atoms with Crippen LogP contribution in [0.25, 0.3) is 0 Å². The second-order valence-electron chi connectivity index (χ2n) is 7.38. The molecule has 1 aliphatic heterocycles. The number of thiophene rings is 1. The minimum atomic E-state index is -3.26. The van der Waals surface area contributed by atoms with E-state index in [1.165, 1.54) is 15.6 Å². The summed E-state index contributed by atoms with van der Waals surface area (Å²) in [5, 5.41) is 3.34. The van der Waals surface area contributed by atoms with Gasteiger partial charge < -0.3 is 11.1 Å². The molecule has 9 heteroatoms. The normalized spacial score (nSPS) is 18.1. The van der Waals surface area contributed by atoms with Gasteiger partial charge >= 0.3 is 0 Å². The highest BCUT2D eigenvalue weighted by atomic mass is 32.2. The van der Waals surface area contributed by atoms with Gasteiger partial charge in [0.15, 0.2) is 0 Å². The SMILES string of the molecule is NC(=O)c1c(NC(=O)c2ccc(N3CCCS3(=O)=O)cc2)sc2c1CCCCC2. The van der Waals surface area contributed by atoms with Crippen molar-refractivity contribution in [3.63, 3.8) is 0 Å². The third-order valence-electron chi connectivity index (χ3n) is 5.41. The number of hydrogen-bond donors (Lipinski definition) is 2. The third kappa shape index (κ3) is 3.89. The molecule has 2 amide bonds. The molecule has 29 heavy (non-hydrogen) atoms. The first-order chi connectivity index (χ1) is 13.9. The Labute approximate surface area is 174 Å². The summed E-state index contributed by atoms with van der Waals surface area (Å²) in [4.78, 5) is 25.9.